The first-order chi connectivity index (χ1) is 12.0. The Morgan fingerprint density at radius 1 is 0.960 bits per heavy atom. The minimum Gasteiger partial charge on any atom is -0.497 e. The average molecular weight is 362 g/mol. The predicted molar refractivity (Wildman–Crippen MR) is 94.7 cm³/mol. The zero-order chi connectivity index (χ0) is 18.2. The van der Waals surface area contributed by atoms with Crippen molar-refractivity contribution in [3.05, 3.63) is 53.6 Å². The first kappa shape index (κ1) is 18.3. The second kappa shape index (κ2) is 8.70. The molecule has 8 heteroatoms. The molecule has 2 aromatic carbocycles. The molecule has 0 radical (unpaired) electrons. The van der Waals surface area contributed by atoms with E-state index in [1.165, 1.54) is 13.2 Å². The molecule has 0 aliphatic carbocycles. The Morgan fingerprint density at radius 3 is 2.32 bits per heavy atom. The zero-order valence-electron chi connectivity index (χ0n) is 13.3. The Balaban J connectivity index is 1.82. The summed E-state index contributed by atoms with van der Waals surface area (Å²) in [5.41, 5.74) is 0.899. The van der Waals surface area contributed by atoms with Gasteiger partial charge in [0.25, 0.3) is 0 Å². The average Bonchev–Trinajstić information content (AvgIpc) is 2.59. The Morgan fingerprint density at radius 2 is 1.64 bits per heavy atom. The van der Waals surface area contributed by atoms with E-state index in [1.807, 2.05) is 0 Å². The minimum absolute atomic E-state index is 0.348. The van der Waals surface area contributed by atoms with E-state index in [-0.39, 0.29) is 6.54 Å². The van der Waals surface area contributed by atoms with Crippen molar-refractivity contribution in [3.8, 4) is 5.75 Å². The highest BCUT2D eigenvalue weighted by molar-refractivity contribution is 6.40. The molecule has 0 bridgehead atoms. The summed E-state index contributed by atoms with van der Waals surface area (Å²) >= 11 is 5.80. The standard InChI is InChI=1S/C17H16ClN3O4/c1-25-14-7-3-6-13(9-14)20-15(22)10-19-16(23)17(24)21-12-5-2-4-11(18)8-12/h2-9H,10H2,1H3,(H,19,23)(H,20,22)(H,21,24). The van der Waals surface area contributed by atoms with E-state index >= 15 is 0 Å². The highest BCUT2D eigenvalue weighted by atomic mass is 35.5. The molecule has 3 amide bonds. The molecule has 0 saturated heterocycles. The molecule has 0 spiro atoms. The summed E-state index contributed by atoms with van der Waals surface area (Å²) in [6.07, 6.45) is 0. The highest BCUT2D eigenvalue weighted by Crippen LogP contribution is 2.16. The first-order valence-electron chi connectivity index (χ1n) is 7.26. The third-order valence-electron chi connectivity index (χ3n) is 3.05. The Hall–Kier alpha value is -3.06. The van der Waals surface area contributed by atoms with Crippen LogP contribution in [0.5, 0.6) is 5.75 Å². The Labute approximate surface area is 149 Å². The maximum absolute atomic E-state index is 11.8. The van der Waals surface area contributed by atoms with Crippen molar-refractivity contribution < 1.29 is 19.1 Å². The molecule has 0 aliphatic rings. The van der Waals surface area contributed by atoms with Gasteiger partial charge in [0, 0.05) is 22.5 Å². The van der Waals surface area contributed by atoms with Gasteiger partial charge in [0.15, 0.2) is 0 Å². The van der Waals surface area contributed by atoms with Gasteiger partial charge in [0.05, 0.1) is 13.7 Å². The summed E-state index contributed by atoms with van der Waals surface area (Å²) in [7, 11) is 1.51. The quantitative estimate of drug-likeness (QED) is 0.710. The summed E-state index contributed by atoms with van der Waals surface area (Å²) in [6, 6.07) is 13.1. The minimum atomic E-state index is -0.930. The molecule has 2 rings (SSSR count). The number of hydrogen-bond donors (Lipinski definition) is 3. The van der Waals surface area contributed by atoms with Gasteiger partial charge in [-0.1, -0.05) is 23.7 Å². The lowest BCUT2D eigenvalue weighted by Crippen LogP contribution is -2.39. The highest BCUT2D eigenvalue weighted by Gasteiger charge is 2.15. The fourth-order valence-electron chi connectivity index (χ4n) is 1.90. The van der Waals surface area contributed by atoms with Crippen LogP contribution in [0.25, 0.3) is 0 Å². The second-order valence-corrected chi connectivity index (χ2v) is 5.36. The number of benzene rings is 2. The lowest BCUT2D eigenvalue weighted by atomic mass is 10.3. The van der Waals surface area contributed by atoms with Crippen LogP contribution in [-0.2, 0) is 14.4 Å². The van der Waals surface area contributed by atoms with Crippen molar-refractivity contribution in [2.75, 3.05) is 24.3 Å². The van der Waals surface area contributed by atoms with Crippen molar-refractivity contribution in [2.24, 2.45) is 0 Å². The van der Waals surface area contributed by atoms with Gasteiger partial charge >= 0.3 is 11.8 Å². The van der Waals surface area contributed by atoms with Crippen molar-refractivity contribution in [2.45, 2.75) is 0 Å². The topological polar surface area (TPSA) is 96.5 Å². The predicted octanol–water partition coefficient (Wildman–Crippen LogP) is 2.04. The fraction of sp³-hybridized carbons (Fsp3) is 0.118. The van der Waals surface area contributed by atoms with Crippen LogP contribution in [0.4, 0.5) is 11.4 Å². The fourth-order valence-corrected chi connectivity index (χ4v) is 2.09. The number of methoxy groups -OCH3 is 1. The largest absolute Gasteiger partial charge is 0.497 e. The smallest absolute Gasteiger partial charge is 0.313 e. The van der Waals surface area contributed by atoms with Gasteiger partial charge in [0.2, 0.25) is 5.91 Å². The molecule has 0 aliphatic heterocycles. The summed E-state index contributed by atoms with van der Waals surface area (Å²) in [6.45, 7) is -0.348. The molecular weight excluding hydrogens is 346 g/mol. The number of carbonyl (C=O) groups excluding carboxylic acids is 3. The van der Waals surface area contributed by atoms with Gasteiger partial charge in [-0.3, -0.25) is 14.4 Å². The van der Waals surface area contributed by atoms with E-state index in [4.69, 9.17) is 16.3 Å². The molecule has 25 heavy (non-hydrogen) atoms. The van der Waals surface area contributed by atoms with Crippen LogP contribution >= 0.6 is 11.6 Å². The molecular formula is C17H16ClN3O4. The molecule has 0 unspecified atom stereocenters. The van der Waals surface area contributed by atoms with Crippen LogP contribution in [0.15, 0.2) is 48.5 Å². The van der Waals surface area contributed by atoms with Crippen molar-refractivity contribution in [3.63, 3.8) is 0 Å². The maximum Gasteiger partial charge on any atom is 0.313 e. The van der Waals surface area contributed by atoms with E-state index in [9.17, 15) is 14.4 Å². The van der Waals surface area contributed by atoms with Crippen molar-refractivity contribution in [1.29, 1.82) is 0 Å². The summed E-state index contributed by atoms with van der Waals surface area (Å²) < 4.78 is 5.05. The van der Waals surface area contributed by atoms with E-state index in [0.29, 0.717) is 22.1 Å². The summed E-state index contributed by atoms with van der Waals surface area (Å²) in [5, 5.41) is 7.64. The number of nitrogens with one attached hydrogen (secondary N) is 3. The molecule has 0 atom stereocenters. The maximum atomic E-state index is 11.8. The van der Waals surface area contributed by atoms with E-state index in [1.54, 1.807) is 42.5 Å². The van der Waals surface area contributed by atoms with Gasteiger partial charge in [-0.15, -0.1) is 0 Å². The van der Waals surface area contributed by atoms with Crippen molar-refractivity contribution >= 4 is 40.7 Å². The number of anilines is 2. The van der Waals surface area contributed by atoms with Crippen LogP contribution in [-0.4, -0.2) is 31.4 Å². The van der Waals surface area contributed by atoms with Crippen LogP contribution in [0.2, 0.25) is 5.02 Å². The number of hydrogen-bond acceptors (Lipinski definition) is 4. The molecule has 0 fully saturated rings. The molecule has 3 N–H and O–H groups in total. The lowest BCUT2D eigenvalue weighted by molar-refractivity contribution is -0.136. The van der Waals surface area contributed by atoms with Gasteiger partial charge in [-0.2, -0.15) is 0 Å². The SMILES string of the molecule is COc1cccc(NC(=O)CNC(=O)C(=O)Nc2cccc(Cl)c2)c1. The number of amides is 3. The van der Waals surface area contributed by atoms with Crippen LogP contribution in [0.1, 0.15) is 0 Å². The zero-order valence-corrected chi connectivity index (χ0v) is 14.1. The molecule has 0 heterocycles. The number of halogens is 1. The van der Waals surface area contributed by atoms with Crippen LogP contribution in [0, 0.1) is 0 Å². The molecule has 0 saturated carbocycles. The van der Waals surface area contributed by atoms with Gasteiger partial charge in [-0.25, -0.2) is 0 Å². The summed E-state index contributed by atoms with van der Waals surface area (Å²) in [5.74, 6) is -1.71. The third kappa shape index (κ3) is 5.82. The second-order valence-electron chi connectivity index (χ2n) is 4.93. The molecule has 130 valence electrons. The number of rotatable bonds is 5. The Kier molecular flexibility index (Phi) is 6.36. The number of carbonyl (C=O) groups is 3. The normalized spacial score (nSPS) is 9.84. The van der Waals surface area contributed by atoms with Gasteiger partial charge < -0.3 is 20.7 Å². The lowest BCUT2D eigenvalue weighted by Gasteiger charge is -2.08. The van der Waals surface area contributed by atoms with Crippen LogP contribution < -0.4 is 20.7 Å². The Bertz CT molecular complexity index is 795. The van der Waals surface area contributed by atoms with E-state index in [0.717, 1.165) is 0 Å². The molecule has 0 aromatic heterocycles. The van der Waals surface area contributed by atoms with E-state index in [2.05, 4.69) is 16.0 Å². The first-order valence-corrected chi connectivity index (χ1v) is 7.64. The molecule has 7 nitrogen and oxygen atoms in total. The van der Waals surface area contributed by atoms with Gasteiger partial charge in [-0.05, 0) is 30.3 Å². The number of ether oxygens (including phenoxy) is 1. The molecule has 2 aromatic rings. The van der Waals surface area contributed by atoms with Gasteiger partial charge in [0.1, 0.15) is 5.75 Å². The van der Waals surface area contributed by atoms with Crippen molar-refractivity contribution in [1.82, 2.24) is 5.32 Å². The third-order valence-corrected chi connectivity index (χ3v) is 3.29. The summed E-state index contributed by atoms with van der Waals surface area (Å²) in [4.78, 5) is 35.3. The van der Waals surface area contributed by atoms with Crippen LogP contribution in [0.3, 0.4) is 0 Å². The monoisotopic (exact) mass is 361 g/mol. The van der Waals surface area contributed by atoms with E-state index < -0.39 is 17.7 Å².